The van der Waals surface area contributed by atoms with Crippen molar-refractivity contribution in [1.82, 2.24) is 9.80 Å². The van der Waals surface area contributed by atoms with Gasteiger partial charge in [-0.3, -0.25) is 0 Å². The Kier molecular flexibility index (Phi) is 7.19. The minimum absolute atomic E-state index is 0.0988. The summed E-state index contributed by atoms with van der Waals surface area (Å²) in [6, 6.07) is 23.7. The lowest BCUT2D eigenvalue weighted by atomic mass is 9.81. The first-order valence-corrected chi connectivity index (χ1v) is 11.7. The van der Waals surface area contributed by atoms with Crippen molar-refractivity contribution in [3.63, 3.8) is 0 Å². The molecule has 2 heterocycles. The molecule has 2 aliphatic heterocycles. The number of hydrogen-bond acceptors (Lipinski definition) is 4. The maximum atomic E-state index is 12.6. The predicted molar refractivity (Wildman–Crippen MR) is 130 cm³/mol. The molecule has 0 amide bonds. The molecule has 0 aliphatic carbocycles. The van der Waals surface area contributed by atoms with E-state index in [0.717, 1.165) is 43.5 Å². The lowest BCUT2D eigenvalue weighted by Gasteiger charge is -2.38. The van der Waals surface area contributed by atoms with Crippen molar-refractivity contribution in [2.24, 2.45) is 16.9 Å². The third kappa shape index (κ3) is 5.14. The summed E-state index contributed by atoms with van der Waals surface area (Å²) in [6.45, 7) is 2.40. The van der Waals surface area contributed by atoms with E-state index in [2.05, 4.69) is 46.2 Å². The van der Waals surface area contributed by atoms with Crippen LogP contribution in [0.3, 0.4) is 0 Å². The second kappa shape index (κ2) is 10.4. The fourth-order valence-electron chi connectivity index (χ4n) is 5.20. The Balaban J connectivity index is 1.58. The number of nitrogens with two attached hydrogens (primary N) is 1. The number of rotatable bonds is 6. The Bertz CT molecular complexity index is 967. The molecule has 6 heteroatoms. The molecular weight excluding hydrogens is 412 g/mol. The number of hydrogen-bond donors (Lipinski definition) is 2. The van der Waals surface area contributed by atoms with Crippen LogP contribution in [0.5, 0.6) is 0 Å². The second-order valence-electron chi connectivity index (χ2n) is 9.05. The van der Waals surface area contributed by atoms with E-state index < -0.39 is 11.5 Å². The molecule has 4 rings (SSSR count). The Labute approximate surface area is 196 Å². The van der Waals surface area contributed by atoms with Crippen molar-refractivity contribution in [3.05, 3.63) is 71.8 Å². The minimum Gasteiger partial charge on any atom is -0.479 e. The number of likely N-dealkylation sites (tertiary alicyclic amines) is 2. The van der Waals surface area contributed by atoms with Gasteiger partial charge in [-0.1, -0.05) is 66.6 Å². The molecule has 1 atom stereocenters. The smallest absolute Gasteiger partial charge is 0.330 e. The lowest BCUT2D eigenvalue weighted by Crippen LogP contribution is -2.50. The van der Waals surface area contributed by atoms with Crippen LogP contribution in [-0.4, -0.2) is 52.4 Å². The zero-order valence-corrected chi connectivity index (χ0v) is 18.9. The third-order valence-electron chi connectivity index (χ3n) is 7.00. The number of carboxylic acids is 1. The molecule has 6 nitrogen and oxygen atoms in total. The molecule has 0 saturated carbocycles. The summed E-state index contributed by atoms with van der Waals surface area (Å²) in [4.78, 5) is 16.6. The molecule has 3 N–H and O–H groups in total. The van der Waals surface area contributed by atoms with Crippen LogP contribution in [0.4, 0.5) is 0 Å². The second-order valence-corrected chi connectivity index (χ2v) is 9.05. The van der Waals surface area contributed by atoms with E-state index in [1.807, 2.05) is 41.3 Å². The van der Waals surface area contributed by atoms with Crippen LogP contribution in [0.15, 0.2) is 65.8 Å². The predicted octanol–water partition coefficient (Wildman–Crippen LogP) is 3.70. The molecule has 2 aliphatic rings. The summed E-state index contributed by atoms with van der Waals surface area (Å²) < 4.78 is 0. The van der Waals surface area contributed by atoms with Crippen LogP contribution in [0.2, 0.25) is 0 Å². The van der Waals surface area contributed by atoms with Crippen molar-refractivity contribution in [1.29, 1.82) is 0 Å². The molecule has 172 valence electrons. The van der Waals surface area contributed by atoms with Gasteiger partial charge in [-0.15, -0.1) is 0 Å². The van der Waals surface area contributed by atoms with E-state index >= 15 is 0 Å². The Morgan fingerprint density at radius 1 is 1.09 bits per heavy atom. The van der Waals surface area contributed by atoms with Gasteiger partial charge in [0.15, 0.2) is 0 Å². The van der Waals surface area contributed by atoms with Crippen molar-refractivity contribution < 1.29 is 9.90 Å². The molecule has 0 aromatic heterocycles. The number of carboxylic acid groups (broad SMARTS) is 1. The highest BCUT2D eigenvalue weighted by atomic mass is 16.4. The normalized spacial score (nSPS) is 21.4. The first-order chi connectivity index (χ1) is 16.1. The number of carbonyl (C=O) groups is 1. The first kappa shape index (κ1) is 22.7. The molecule has 2 aromatic carbocycles. The molecule has 0 spiro atoms. The van der Waals surface area contributed by atoms with Gasteiger partial charge in [0.1, 0.15) is 11.9 Å². The summed E-state index contributed by atoms with van der Waals surface area (Å²) in [5.41, 5.74) is 1.32. The average molecular weight is 445 g/mol. The van der Waals surface area contributed by atoms with Gasteiger partial charge < -0.3 is 20.7 Å². The third-order valence-corrected chi connectivity index (χ3v) is 7.00. The van der Waals surface area contributed by atoms with Gasteiger partial charge in [0.05, 0.1) is 5.92 Å². The van der Waals surface area contributed by atoms with Crippen LogP contribution in [-0.2, 0) is 4.79 Å². The Morgan fingerprint density at radius 2 is 1.70 bits per heavy atom. The Hall–Kier alpha value is -3.46. The molecule has 2 saturated heterocycles. The zero-order valence-electron chi connectivity index (χ0n) is 18.9. The van der Waals surface area contributed by atoms with Crippen LogP contribution in [0, 0.1) is 17.9 Å². The molecule has 2 fully saturated rings. The lowest BCUT2D eigenvalue weighted by molar-refractivity contribution is -0.149. The quantitative estimate of drug-likeness (QED) is 0.233. The summed E-state index contributed by atoms with van der Waals surface area (Å²) in [6.07, 6.45) is 5.68. The number of piperidine rings is 1. The molecule has 0 radical (unpaired) electrons. The number of hydrazone groups is 1. The summed E-state index contributed by atoms with van der Waals surface area (Å²) in [5.74, 6) is 8.21. The molecule has 33 heavy (non-hydrogen) atoms. The Morgan fingerprint density at radius 3 is 2.24 bits per heavy atom. The average Bonchev–Trinajstić information content (AvgIpc) is 3.26. The van der Waals surface area contributed by atoms with Crippen LogP contribution >= 0.6 is 0 Å². The zero-order chi connectivity index (χ0) is 23.1. The summed E-state index contributed by atoms with van der Waals surface area (Å²) >= 11 is 0. The van der Waals surface area contributed by atoms with Crippen molar-refractivity contribution in [2.45, 2.75) is 43.6 Å². The van der Waals surface area contributed by atoms with Crippen molar-refractivity contribution in [2.75, 3.05) is 19.6 Å². The largest absolute Gasteiger partial charge is 0.479 e. The molecular formula is C27H32N4O2. The topological polar surface area (TPSA) is 82.2 Å². The van der Waals surface area contributed by atoms with E-state index in [1.165, 1.54) is 0 Å². The van der Waals surface area contributed by atoms with E-state index in [0.29, 0.717) is 25.3 Å². The van der Waals surface area contributed by atoms with E-state index in [9.17, 15) is 9.90 Å². The van der Waals surface area contributed by atoms with Gasteiger partial charge in [0, 0.05) is 25.7 Å². The van der Waals surface area contributed by atoms with Gasteiger partial charge >= 0.3 is 5.97 Å². The maximum Gasteiger partial charge on any atom is 0.330 e. The minimum atomic E-state index is -0.917. The van der Waals surface area contributed by atoms with Crippen LogP contribution in [0.25, 0.3) is 0 Å². The highest BCUT2D eigenvalue weighted by Crippen LogP contribution is 2.38. The highest BCUT2D eigenvalue weighted by Gasteiger charge is 2.48. The number of benzene rings is 2. The first-order valence-electron chi connectivity index (χ1n) is 11.7. The summed E-state index contributed by atoms with van der Waals surface area (Å²) in [7, 11) is 0. The van der Waals surface area contributed by atoms with Gasteiger partial charge in [-0.2, -0.15) is 5.10 Å². The van der Waals surface area contributed by atoms with Crippen molar-refractivity contribution in [3.8, 4) is 12.0 Å². The number of aliphatic carboxylic acids is 1. The highest BCUT2D eigenvalue weighted by molar-refractivity contribution is 5.79. The molecule has 0 unspecified atom stereocenters. The van der Waals surface area contributed by atoms with E-state index in [1.54, 1.807) is 6.34 Å². The van der Waals surface area contributed by atoms with Gasteiger partial charge in [-0.05, 0) is 49.1 Å². The van der Waals surface area contributed by atoms with Gasteiger partial charge in [0.25, 0.3) is 0 Å². The van der Waals surface area contributed by atoms with E-state index in [-0.39, 0.29) is 5.92 Å². The van der Waals surface area contributed by atoms with Gasteiger partial charge in [-0.25, -0.2) is 4.79 Å². The number of nitrogens with zero attached hydrogens (tertiary/aromatic N) is 3. The monoisotopic (exact) mass is 444 g/mol. The standard InChI is InChI=1S/C27H32N4O2/c28-29-21-30-17-12-22(13-18-30)20-27(26(32)33)15-7-16-31(27)19-14-25(23-8-3-1-4-9-23)24-10-5-2-6-11-24/h1-6,8-11,21-22,25H,7,12-13,15-18,20,28H2,(H,32,33)/b29-21+/t27-/m1/s1. The van der Waals surface area contributed by atoms with Crippen molar-refractivity contribution >= 4 is 12.3 Å². The fourth-order valence-corrected chi connectivity index (χ4v) is 5.20. The van der Waals surface area contributed by atoms with Crippen LogP contribution in [0.1, 0.15) is 49.1 Å². The summed E-state index contributed by atoms with van der Waals surface area (Å²) in [5, 5.41) is 14.0. The van der Waals surface area contributed by atoms with Crippen LogP contribution < -0.4 is 5.84 Å². The SMILES string of the molecule is N/N=C/N1CCC(C[C@@]2(C(=O)O)CCCN2C#CC(c2ccccc2)c2ccccc2)CC1. The maximum absolute atomic E-state index is 12.6. The van der Waals surface area contributed by atoms with Gasteiger partial charge in [0.2, 0.25) is 0 Å². The molecule has 0 bridgehead atoms. The van der Waals surface area contributed by atoms with E-state index in [4.69, 9.17) is 5.84 Å². The fraction of sp³-hybridized carbons (Fsp3) is 0.407. The molecule has 2 aromatic rings.